The van der Waals surface area contributed by atoms with Gasteiger partial charge in [0.25, 0.3) is 5.56 Å². The molecule has 0 N–H and O–H groups in total. The zero-order valence-corrected chi connectivity index (χ0v) is 24.5. The number of benzene rings is 1. The standard InChI is InChI=1S/C29H27ClF3N5O2S/c1-15-12-35-27(19-7-6-8-23(25(19)32)36-41(5,40)37(3)4)26(33)28(15)38-16(2)9-22(24(30)29(38)39)21-11-20(21)17-10-18(31)14-34-13-17/h6-10,12-14,20-21H,11H2,1-5H3/t20?,21-,41?/m1/s1. The molecule has 1 aromatic carbocycles. The molecule has 3 atom stereocenters. The van der Waals surface area contributed by atoms with E-state index >= 15 is 8.78 Å². The molecule has 5 rings (SSSR count). The van der Waals surface area contributed by atoms with Crippen LogP contribution in [0.4, 0.5) is 18.9 Å². The fourth-order valence-electron chi connectivity index (χ4n) is 4.88. The first-order chi connectivity index (χ1) is 19.3. The van der Waals surface area contributed by atoms with Gasteiger partial charge in [0.1, 0.15) is 32.1 Å². The first-order valence-electron chi connectivity index (χ1n) is 12.7. The molecule has 1 saturated carbocycles. The van der Waals surface area contributed by atoms with Crippen LogP contribution in [0.2, 0.25) is 5.02 Å². The summed E-state index contributed by atoms with van der Waals surface area (Å²) in [6.07, 6.45) is 6.10. The van der Waals surface area contributed by atoms with Crippen molar-refractivity contribution < 1.29 is 17.4 Å². The molecule has 214 valence electrons. The van der Waals surface area contributed by atoms with Crippen LogP contribution in [0.1, 0.15) is 40.6 Å². The van der Waals surface area contributed by atoms with Gasteiger partial charge in [-0.25, -0.2) is 21.7 Å². The molecule has 0 amide bonds. The molecule has 3 heterocycles. The lowest BCUT2D eigenvalue weighted by molar-refractivity contribution is 0.594. The third-order valence-corrected chi connectivity index (χ3v) is 9.55. The molecule has 0 saturated heterocycles. The predicted octanol–water partition coefficient (Wildman–Crippen LogP) is 6.46. The van der Waals surface area contributed by atoms with Crippen LogP contribution < -0.4 is 5.56 Å². The van der Waals surface area contributed by atoms with Crippen LogP contribution in [0.5, 0.6) is 0 Å². The summed E-state index contributed by atoms with van der Waals surface area (Å²) in [7, 11) is 0.196. The van der Waals surface area contributed by atoms with Crippen molar-refractivity contribution in [1.82, 2.24) is 18.8 Å². The summed E-state index contributed by atoms with van der Waals surface area (Å²) in [5, 5.41) is -0.0713. The van der Waals surface area contributed by atoms with E-state index in [-0.39, 0.29) is 39.5 Å². The van der Waals surface area contributed by atoms with Gasteiger partial charge in [0.15, 0.2) is 11.6 Å². The van der Waals surface area contributed by atoms with Crippen molar-refractivity contribution >= 4 is 27.2 Å². The molecule has 4 aromatic rings. The summed E-state index contributed by atoms with van der Waals surface area (Å²) < 4.78 is 64.8. The van der Waals surface area contributed by atoms with Gasteiger partial charge in [-0.2, -0.15) is 4.36 Å². The highest BCUT2D eigenvalue weighted by atomic mass is 35.5. The molecule has 7 nitrogen and oxygen atoms in total. The lowest BCUT2D eigenvalue weighted by Gasteiger charge is -2.18. The summed E-state index contributed by atoms with van der Waals surface area (Å²) in [4.78, 5) is 21.6. The number of pyridine rings is 3. The molecule has 0 bridgehead atoms. The average Bonchev–Trinajstić information content (AvgIpc) is 3.70. The van der Waals surface area contributed by atoms with Crippen molar-refractivity contribution in [2.75, 3.05) is 20.4 Å². The van der Waals surface area contributed by atoms with E-state index in [1.807, 2.05) is 0 Å². The molecular formula is C29H27ClF3N5O2S. The SMILES string of the molecule is Cc1cnc(-c2cccc(N=S(C)(=O)N(C)C)c2F)c(F)c1-n1c(C)cc([C@@H]2CC2c2cncc(F)c2)c(Cl)c1=O. The number of halogens is 4. The summed E-state index contributed by atoms with van der Waals surface area (Å²) in [6, 6.07) is 7.28. The second-order valence-electron chi connectivity index (χ2n) is 10.3. The molecule has 3 aromatic heterocycles. The van der Waals surface area contributed by atoms with Gasteiger partial charge in [0, 0.05) is 44.0 Å². The molecule has 0 spiro atoms. The maximum atomic E-state index is 16.2. The molecule has 2 unspecified atom stereocenters. The summed E-state index contributed by atoms with van der Waals surface area (Å²) in [5.41, 5.74) is 0.577. The van der Waals surface area contributed by atoms with E-state index in [9.17, 15) is 13.4 Å². The number of aryl methyl sites for hydroxylation is 2. The van der Waals surface area contributed by atoms with Crippen LogP contribution in [0.3, 0.4) is 0 Å². The summed E-state index contributed by atoms with van der Waals surface area (Å²) >= 11 is 6.57. The molecule has 0 radical (unpaired) electrons. The maximum Gasteiger partial charge on any atom is 0.274 e. The third-order valence-electron chi connectivity index (χ3n) is 7.28. The van der Waals surface area contributed by atoms with Gasteiger partial charge in [-0.05, 0) is 73.1 Å². The Balaban J connectivity index is 1.60. The number of hydrogen-bond acceptors (Lipinski definition) is 5. The van der Waals surface area contributed by atoms with Gasteiger partial charge in [-0.3, -0.25) is 19.3 Å². The van der Waals surface area contributed by atoms with Gasteiger partial charge < -0.3 is 0 Å². The zero-order valence-electron chi connectivity index (χ0n) is 23.0. The minimum absolute atomic E-state index is 0.0395. The second kappa shape index (κ2) is 10.7. The monoisotopic (exact) mass is 601 g/mol. The number of aromatic nitrogens is 3. The molecule has 41 heavy (non-hydrogen) atoms. The van der Waals surface area contributed by atoms with Crippen molar-refractivity contribution in [3.63, 3.8) is 0 Å². The molecular weight excluding hydrogens is 575 g/mol. The lowest BCUT2D eigenvalue weighted by Crippen LogP contribution is -2.24. The van der Waals surface area contributed by atoms with E-state index in [4.69, 9.17) is 11.6 Å². The van der Waals surface area contributed by atoms with E-state index < -0.39 is 32.9 Å². The first-order valence-corrected chi connectivity index (χ1v) is 14.9. The number of nitrogens with zero attached hydrogens (tertiary/aromatic N) is 5. The van der Waals surface area contributed by atoms with Crippen molar-refractivity contribution in [2.45, 2.75) is 32.1 Å². The number of rotatable bonds is 6. The molecule has 1 fully saturated rings. The topological polar surface area (TPSA) is 80.5 Å². The van der Waals surface area contributed by atoms with Crippen molar-refractivity contribution in [3.8, 4) is 16.9 Å². The van der Waals surface area contributed by atoms with E-state index in [0.29, 0.717) is 28.8 Å². The molecule has 1 aliphatic rings. The largest absolute Gasteiger partial charge is 0.277 e. The molecule has 1 aliphatic carbocycles. The normalized spacial score (nSPS) is 17.9. The van der Waals surface area contributed by atoms with E-state index in [1.54, 1.807) is 40.2 Å². The van der Waals surface area contributed by atoms with Crippen LogP contribution in [0.15, 0.2) is 58.1 Å². The van der Waals surface area contributed by atoms with Crippen LogP contribution in [-0.4, -0.2) is 43.4 Å². The Morgan fingerprint density at radius 2 is 1.80 bits per heavy atom. The first kappa shape index (κ1) is 29.0. The third kappa shape index (κ3) is 5.29. The van der Waals surface area contributed by atoms with Crippen molar-refractivity contribution in [1.29, 1.82) is 0 Å². The van der Waals surface area contributed by atoms with Crippen molar-refractivity contribution in [3.05, 3.63) is 104 Å². The average molecular weight is 602 g/mol. The Kier molecular flexibility index (Phi) is 7.56. The van der Waals surface area contributed by atoms with Crippen LogP contribution >= 0.6 is 11.6 Å². The van der Waals surface area contributed by atoms with Gasteiger partial charge in [0.2, 0.25) is 0 Å². The molecule has 0 aliphatic heterocycles. The Bertz CT molecular complexity index is 1890. The van der Waals surface area contributed by atoms with Gasteiger partial charge >= 0.3 is 0 Å². The minimum atomic E-state index is -2.91. The lowest BCUT2D eigenvalue weighted by atomic mass is 10.0. The fourth-order valence-corrected chi connectivity index (χ4v) is 5.83. The Hall–Kier alpha value is -3.54. The second-order valence-corrected chi connectivity index (χ2v) is 13.2. The van der Waals surface area contributed by atoms with Gasteiger partial charge in [0.05, 0.1) is 11.9 Å². The Morgan fingerprint density at radius 1 is 1.07 bits per heavy atom. The highest BCUT2D eigenvalue weighted by Crippen LogP contribution is 2.55. The highest BCUT2D eigenvalue weighted by Gasteiger charge is 2.42. The Morgan fingerprint density at radius 3 is 2.49 bits per heavy atom. The van der Waals surface area contributed by atoms with E-state index in [1.165, 1.54) is 41.0 Å². The van der Waals surface area contributed by atoms with Gasteiger partial charge in [-0.15, -0.1) is 0 Å². The summed E-state index contributed by atoms with van der Waals surface area (Å²) in [5.74, 6) is -2.41. The quantitative estimate of drug-likeness (QED) is 0.254. The van der Waals surface area contributed by atoms with E-state index in [0.717, 1.165) is 10.8 Å². The van der Waals surface area contributed by atoms with Crippen LogP contribution in [-0.2, 0) is 9.92 Å². The summed E-state index contributed by atoms with van der Waals surface area (Å²) in [6.45, 7) is 3.24. The number of hydrogen-bond donors (Lipinski definition) is 0. The minimum Gasteiger partial charge on any atom is -0.277 e. The molecule has 12 heteroatoms. The fraction of sp³-hybridized carbons (Fsp3) is 0.276. The Labute approximate surface area is 241 Å². The predicted molar refractivity (Wildman–Crippen MR) is 154 cm³/mol. The van der Waals surface area contributed by atoms with Crippen LogP contribution in [0, 0.1) is 31.3 Å². The van der Waals surface area contributed by atoms with E-state index in [2.05, 4.69) is 14.3 Å². The van der Waals surface area contributed by atoms with Crippen LogP contribution in [0.25, 0.3) is 16.9 Å². The smallest absolute Gasteiger partial charge is 0.274 e. The zero-order chi connectivity index (χ0) is 29.8. The highest BCUT2D eigenvalue weighted by molar-refractivity contribution is 7.90. The van der Waals surface area contributed by atoms with Crippen molar-refractivity contribution in [2.24, 2.45) is 4.36 Å². The maximum absolute atomic E-state index is 16.2. The van der Waals surface area contributed by atoms with Gasteiger partial charge in [-0.1, -0.05) is 17.7 Å².